The van der Waals surface area contributed by atoms with Gasteiger partial charge in [-0.25, -0.2) is 0 Å². The molecule has 1 aromatic carbocycles. The third-order valence-electron chi connectivity index (χ3n) is 2.57. The molecule has 3 nitrogen and oxygen atoms in total. The first kappa shape index (κ1) is 10.9. The van der Waals surface area contributed by atoms with Crippen molar-refractivity contribution >= 4 is 11.0 Å². The van der Waals surface area contributed by atoms with Crippen LogP contribution in [-0.4, -0.2) is 6.04 Å². The molecule has 0 saturated carbocycles. The van der Waals surface area contributed by atoms with Gasteiger partial charge in [-0.3, -0.25) is 4.79 Å². The summed E-state index contributed by atoms with van der Waals surface area (Å²) in [6.07, 6.45) is 2.26. The van der Waals surface area contributed by atoms with Crippen molar-refractivity contribution in [2.24, 2.45) is 5.73 Å². The van der Waals surface area contributed by atoms with E-state index < -0.39 is 0 Å². The van der Waals surface area contributed by atoms with E-state index in [2.05, 4.69) is 0 Å². The van der Waals surface area contributed by atoms with Crippen molar-refractivity contribution < 1.29 is 4.42 Å². The van der Waals surface area contributed by atoms with Crippen LogP contribution in [0.4, 0.5) is 0 Å². The van der Waals surface area contributed by atoms with Crippen LogP contribution in [0.15, 0.2) is 33.7 Å². The van der Waals surface area contributed by atoms with Crippen LogP contribution in [0.1, 0.15) is 18.1 Å². The van der Waals surface area contributed by atoms with Gasteiger partial charge in [0.15, 0.2) is 5.43 Å². The Labute approximate surface area is 93.9 Å². The molecule has 1 heterocycles. The Kier molecular flexibility index (Phi) is 2.79. The van der Waals surface area contributed by atoms with Gasteiger partial charge >= 0.3 is 0 Å². The molecule has 1 aromatic heterocycles. The normalized spacial score (nSPS) is 12.9. The summed E-state index contributed by atoms with van der Waals surface area (Å²) in [7, 11) is 0. The molecule has 0 radical (unpaired) electrons. The zero-order chi connectivity index (χ0) is 11.7. The molecule has 2 rings (SSSR count). The molecule has 2 aromatic rings. The van der Waals surface area contributed by atoms with Crippen molar-refractivity contribution in [2.45, 2.75) is 26.3 Å². The number of nitrogens with two attached hydrogens (primary N) is 1. The summed E-state index contributed by atoms with van der Waals surface area (Å²) in [6.45, 7) is 3.70. The molecule has 0 bridgehead atoms. The summed E-state index contributed by atoms with van der Waals surface area (Å²) >= 11 is 0. The van der Waals surface area contributed by atoms with Crippen LogP contribution < -0.4 is 11.2 Å². The van der Waals surface area contributed by atoms with Crippen molar-refractivity contribution in [1.29, 1.82) is 0 Å². The summed E-state index contributed by atoms with van der Waals surface area (Å²) in [5, 5.41) is 0.637. The van der Waals surface area contributed by atoms with E-state index in [1.54, 1.807) is 6.92 Å². The minimum absolute atomic E-state index is 0.0350. The van der Waals surface area contributed by atoms with E-state index in [1.807, 2.05) is 25.1 Å². The quantitative estimate of drug-likeness (QED) is 0.837. The first-order valence-electron chi connectivity index (χ1n) is 5.34. The lowest BCUT2D eigenvalue weighted by molar-refractivity contribution is 0.597. The number of hydrogen-bond donors (Lipinski definition) is 1. The molecule has 0 aliphatic carbocycles. The molecular weight excluding hydrogens is 202 g/mol. The van der Waals surface area contributed by atoms with Gasteiger partial charge in [0.2, 0.25) is 0 Å². The van der Waals surface area contributed by atoms with Gasteiger partial charge < -0.3 is 10.2 Å². The Hall–Kier alpha value is -1.61. The van der Waals surface area contributed by atoms with Gasteiger partial charge in [-0.2, -0.15) is 0 Å². The smallest absolute Gasteiger partial charge is 0.195 e. The van der Waals surface area contributed by atoms with Crippen LogP contribution in [-0.2, 0) is 6.42 Å². The first-order valence-corrected chi connectivity index (χ1v) is 5.34. The lowest BCUT2D eigenvalue weighted by Crippen LogP contribution is -2.17. The van der Waals surface area contributed by atoms with Crippen LogP contribution >= 0.6 is 0 Å². The fourth-order valence-electron chi connectivity index (χ4n) is 1.77. The topological polar surface area (TPSA) is 56.2 Å². The molecule has 0 aliphatic rings. The average molecular weight is 217 g/mol. The first-order chi connectivity index (χ1) is 7.58. The van der Waals surface area contributed by atoms with E-state index in [0.717, 1.165) is 12.0 Å². The highest BCUT2D eigenvalue weighted by molar-refractivity contribution is 5.77. The highest BCUT2D eigenvalue weighted by Gasteiger charge is 2.05. The Balaban J connectivity index is 2.60. The van der Waals surface area contributed by atoms with Crippen LogP contribution in [0.2, 0.25) is 0 Å². The lowest BCUT2D eigenvalue weighted by atomic mass is 10.0. The van der Waals surface area contributed by atoms with Crippen LogP contribution in [0, 0.1) is 6.92 Å². The molecule has 0 fully saturated rings. The monoisotopic (exact) mass is 217 g/mol. The molecule has 1 atom stereocenters. The SMILES string of the molecule is Cc1coc2ccc(CC(C)N)cc2c1=O. The summed E-state index contributed by atoms with van der Waals surface area (Å²) in [6, 6.07) is 5.74. The zero-order valence-corrected chi connectivity index (χ0v) is 9.49. The maximum absolute atomic E-state index is 11.9. The molecule has 3 heteroatoms. The lowest BCUT2D eigenvalue weighted by Gasteiger charge is -2.06. The molecule has 0 saturated heterocycles. The number of hydrogen-bond acceptors (Lipinski definition) is 3. The van der Waals surface area contributed by atoms with E-state index in [0.29, 0.717) is 16.5 Å². The second-order valence-corrected chi connectivity index (χ2v) is 4.26. The summed E-state index contributed by atoms with van der Waals surface area (Å²) in [5.74, 6) is 0. The van der Waals surface area contributed by atoms with Gasteiger partial charge in [0, 0.05) is 11.6 Å². The van der Waals surface area contributed by atoms with Crippen molar-refractivity contribution in [3.8, 4) is 0 Å². The van der Waals surface area contributed by atoms with E-state index in [-0.39, 0.29) is 11.5 Å². The summed E-state index contributed by atoms with van der Waals surface area (Å²) in [5.41, 5.74) is 8.10. The molecular formula is C13H15NO2. The average Bonchev–Trinajstić information content (AvgIpc) is 2.23. The number of rotatable bonds is 2. The molecule has 16 heavy (non-hydrogen) atoms. The van der Waals surface area contributed by atoms with Gasteiger partial charge in [-0.15, -0.1) is 0 Å². The molecule has 2 N–H and O–H groups in total. The third-order valence-corrected chi connectivity index (χ3v) is 2.57. The Morgan fingerprint density at radius 3 is 2.88 bits per heavy atom. The fraction of sp³-hybridized carbons (Fsp3) is 0.308. The van der Waals surface area contributed by atoms with Crippen LogP contribution in [0.25, 0.3) is 11.0 Å². The molecule has 84 valence electrons. The van der Waals surface area contributed by atoms with Gasteiger partial charge in [0.05, 0.1) is 11.6 Å². The predicted octanol–water partition coefficient (Wildman–Crippen LogP) is 1.99. The maximum atomic E-state index is 11.9. The Morgan fingerprint density at radius 1 is 1.44 bits per heavy atom. The van der Waals surface area contributed by atoms with E-state index in [4.69, 9.17) is 10.2 Å². The summed E-state index contributed by atoms with van der Waals surface area (Å²) in [4.78, 5) is 11.9. The highest BCUT2D eigenvalue weighted by atomic mass is 16.3. The van der Waals surface area contributed by atoms with Crippen molar-refractivity contribution in [2.75, 3.05) is 0 Å². The second kappa shape index (κ2) is 4.10. The van der Waals surface area contributed by atoms with Gasteiger partial charge in [0.1, 0.15) is 5.58 Å². The number of aryl methyl sites for hydroxylation is 1. The largest absolute Gasteiger partial charge is 0.464 e. The molecule has 0 amide bonds. The molecule has 1 unspecified atom stereocenters. The van der Waals surface area contributed by atoms with E-state index >= 15 is 0 Å². The minimum atomic E-state index is 0.0350. The predicted molar refractivity (Wildman–Crippen MR) is 64.6 cm³/mol. The van der Waals surface area contributed by atoms with Crippen LogP contribution in [0.5, 0.6) is 0 Å². The van der Waals surface area contributed by atoms with Gasteiger partial charge in [-0.05, 0) is 38.0 Å². The zero-order valence-electron chi connectivity index (χ0n) is 9.49. The maximum Gasteiger partial charge on any atom is 0.195 e. The fourth-order valence-corrected chi connectivity index (χ4v) is 1.77. The Morgan fingerprint density at radius 2 is 2.19 bits per heavy atom. The summed E-state index contributed by atoms with van der Waals surface area (Å²) < 4.78 is 5.35. The minimum Gasteiger partial charge on any atom is -0.464 e. The standard InChI is InChI=1S/C13H15NO2/c1-8-7-16-12-4-3-10(5-9(2)14)6-11(12)13(8)15/h3-4,6-7,9H,5,14H2,1-2H3. The van der Waals surface area contributed by atoms with E-state index in [1.165, 1.54) is 6.26 Å². The number of benzene rings is 1. The van der Waals surface area contributed by atoms with E-state index in [9.17, 15) is 4.79 Å². The Bertz CT molecular complexity index is 570. The van der Waals surface area contributed by atoms with Crippen LogP contribution in [0.3, 0.4) is 0 Å². The van der Waals surface area contributed by atoms with Gasteiger partial charge in [-0.1, -0.05) is 6.07 Å². The van der Waals surface area contributed by atoms with Crippen molar-refractivity contribution in [3.63, 3.8) is 0 Å². The second-order valence-electron chi connectivity index (χ2n) is 4.26. The third kappa shape index (κ3) is 1.99. The number of fused-ring (bicyclic) bond motifs is 1. The molecule has 0 spiro atoms. The highest BCUT2D eigenvalue weighted by Crippen LogP contribution is 2.14. The molecule has 0 aliphatic heterocycles. The van der Waals surface area contributed by atoms with Gasteiger partial charge in [0.25, 0.3) is 0 Å². The van der Waals surface area contributed by atoms with Crippen molar-refractivity contribution in [3.05, 3.63) is 45.8 Å². The van der Waals surface area contributed by atoms with Crippen molar-refractivity contribution in [1.82, 2.24) is 0 Å².